The maximum absolute atomic E-state index is 12.7. The molecule has 6 nitrogen and oxygen atoms in total. The van der Waals surface area contributed by atoms with Crippen molar-refractivity contribution in [3.63, 3.8) is 0 Å². The molecule has 1 heterocycles. The van der Waals surface area contributed by atoms with E-state index in [1.165, 1.54) is 0 Å². The number of carbonyl (C=O) groups is 3. The van der Waals surface area contributed by atoms with Gasteiger partial charge < -0.3 is 15.0 Å². The lowest BCUT2D eigenvalue weighted by molar-refractivity contribution is -0.128. The second-order valence-electron chi connectivity index (χ2n) is 6.67. The van der Waals surface area contributed by atoms with Crippen LogP contribution < -0.4 is 5.32 Å². The molecule has 1 aliphatic rings. The van der Waals surface area contributed by atoms with E-state index < -0.39 is 11.9 Å². The molecule has 1 atom stereocenters. The summed E-state index contributed by atoms with van der Waals surface area (Å²) in [6.45, 7) is 4.85. The molecule has 1 fully saturated rings. The van der Waals surface area contributed by atoms with Crippen LogP contribution in [0.2, 0.25) is 0 Å². The first-order chi connectivity index (χ1) is 13.5. The first-order valence-corrected chi connectivity index (χ1v) is 9.48. The minimum absolute atomic E-state index is 0.0207. The van der Waals surface area contributed by atoms with Crippen LogP contribution in [0, 0.1) is 5.92 Å². The maximum Gasteiger partial charge on any atom is 0.340 e. The van der Waals surface area contributed by atoms with E-state index in [2.05, 4.69) is 5.32 Å². The lowest BCUT2D eigenvalue weighted by atomic mass is 10.0. The Morgan fingerprint density at radius 1 is 1.11 bits per heavy atom. The number of carbonyl (C=O) groups excluding carboxylic acids is 3. The molecule has 1 N–H and O–H groups in total. The molecule has 0 saturated carbocycles. The van der Waals surface area contributed by atoms with E-state index in [1.807, 2.05) is 43.3 Å². The number of nitrogens with zero attached hydrogens (tertiary/aromatic N) is 1. The van der Waals surface area contributed by atoms with Crippen molar-refractivity contribution in [3.05, 3.63) is 54.1 Å². The molecule has 2 aromatic rings. The molecule has 2 aromatic carbocycles. The van der Waals surface area contributed by atoms with Gasteiger partial charge in [0.25, 0.3) is 0 Å². The molecule has 146 valence electrons. The molecule has 1 saturated heterocycles. The number of esters is 1. The zero-order valence-corrected chi connectivity index (χ0v) is 16.1. The Labute approximate surface area is 164 Å². The van der Waals surface area contributed by atoms with Gasteiger partial charge in [0.1, 0.15) is 0 Å². The molecule has 1 unspecified atom stereocenters. The fourth-order valence-corrected chi connectivity index (χ4v) is 3.33. The first-order valence-electron chi connectivity index (χ1n) is 9.48. The summed E-state index contributed by atoms with van der Waals surface area (Å²) in [6.07, 6.45) is 0.191. The van der Waals surface area contributed by atoms with E-state index in [1.54, 1.807) is 24.0 Å². The Bertz CT molecular complexity index is 879. The third-order valence-corrected chi connectivity index (χ3v) is 4.85. The fraction of sp³-hybridized carbons (Fsp3) is 0.318. The lowest BCUT2D eigenvalue weighted by Gasteiger charge is -2.16. The number of rotatable bonds is 6. The molecule has 3 rings (SSSR count). The summed E-state index contributed by atoms with van der Waals surface area (Å²) in [6, 6.07) is 15.0. The zero-order chi connectivity index (χ0) is 20.1. The number of nitrogens with one attached hydrogen (secondary N) is 1. The van der Waals surface area contributed by atoms with Crippen molar-refractivity contribution in [3.8, 4) is 11.1 Å². The lowest BCUT2D eigenvalue weighted by Crippen LogP contribution is -2.28. The van der Waals surface area contributed by atoms with Crippen LogP contribution in [-0.2, 0) is 14.3 Å². The predicted molar refractivity (Wildman–Crippen MR) is 107 cm³/mol. The predicted octanol–water partition coefficient (Wildman–Crippen LogP) is 3.34. The SMILES string of the molecule is CCOC(=O)c1cc(-c2ccccc2)ccc1NC(=O)C1CC(=O)N(CC)C1. The molecule has 28 heavy (non-hydrogen) atoms. The molecule has 1 aliphatic heterocycles. The van der Waals surface area contributed by atoms with Crippen LogP contribution in [0.4, 0.5) is 5.69 Å². The van der Waals surface area contributed by atoms with E-state index >= 15 is 0 Å². The Hall–Kier alpha value is -3.15. The van der Waals surface area contributed by atoms with Gasteiger partial charge in [-0.15, -0.1) is 0 Å². The van der Waals surface area contributed by atoms with Gasteiger partial charge in [-0.3, -0.25) is 9.59 Å². The van der Waals surface area contributed by atoms with Crippen LogP contribution in [0.3, 0.4) is 0 Å². The largest absolute Gasteiger partial charge is 0.462 e. The average Bonchev–Trinajstić information content (AvgIpc) is 3.10. The van der Waals surface area contributed by atoms with Gasteiger partial charge in [-0.25, -0.2) is 4.79 Å². The maximum atomic E-state index is 12.7. The van der Waals surface area contributed by atoms with Gasteiger partial charge in [0, 0.05) is 19.5 Å². The summed E-state index contributed by atoms with van der Waals surface area (Å²) >= 11 is 0. The van der Waals surface area contributed by atoms with Gasteiger partial charge in [0.05, 0.1) is 23.8 Å². The second kappa shape index (κ2) is 8.69. The summed E-state index contributed by atoms with van der Waals surface area (Å²) in [5.74, 6) is -1.19. The van der Waals surface area contributed by atoms with Crippen molar-refractivity contribution >= 4 is 23.5 Å². The molecule has 2 amide bonds. The number of ether oxygens (including phenoxy) is 1. The van der Waals surface area contributed by atoms with E-state index in [-0.39, 0.29) is 24.8 Å². The van der Waals surface area contributed by atoms with Gasteiger partial charge in [-0.1, -0.05) is 36.4 Å². The van der Waals surface area contributed by atoms with Crippen molar-refractivity contribution < 1.29 is 19.1 Å². The van der Waals surface area contributed by atoms with Crippen LogP contribution in [0.15, 0.2) is 48.5 Å². The first kappa shape index (κ1) is 19.6. The number of hydrogen-bond acceptors (Lipinski definition) is 4. The third kappa shape index (κ3) is 4.22. The third-order valence-electron chi connectivity index (χ3n) is 4.85. The highest BCUT2D eigenvalue weighted by Crippen LogP contribution is 2.27. The Morgan fingerprint density at radius 3 is 2.50 bits per heavy atom. The molecule has 0 bridgehead atoms. The van der Waals surface area contributed by atoms with Crippen LogP contribution in [0.5, 0.6) is 0 Å². The summed E-state index contributed by atoms with van der Waals surface area (Å²) in [5, 5.41) is 2.82. The van der Waals surface area contributed by atoms with Crippen LogP contribution in [-0.4, -0.2) is 42.4 Å². The van der Waals surface area contributed by atoms with Crippen molar-refractivity contribution in [2.45, 2.75) is 20.3 Å². The van der Waals surface area contributed by atoms with Crippen LogP contribution in [0.25, 0.3) is 11.1 Å². The number of hydrogen-bond donors (Lipinski definition) is 1. The molecule has 0 radical (unpaired) electrons. The van der Waals surface area contributed by atoms with E-state index in [4.69, 9.17) is 4.74 Å². The Balaban J connectivity index is 1.86. The number of anilines is 1. The standard InChI is InChI=1S/C22H24N2O4/c1-3-24-14-17(13-20(24)25)21(26)23-19-11-10-16(15-8-6-5-7-9-15)12-18(19)22(27)28-4-2/h5-12,17H,3-4,13-14H2,1-2H3,(H,23,26). The van der Waals surface area contributed by atoms with Crippen molar-refractivity contribution in [1.82, 2.24) is 4.90 Å². The van der Waals surface area contributed by atoms with Gasteiger partial charge in [-0.2, -0.15) is 0 Å². The van der Waals surface area contributed by atoms with E-state index in [0.717, 1.165) is 11.1 Å². The summed E-state index contributed by atoms with van der Waals surface area (Å²) in [7, 11) is 0. The highest BCUT2D eigenvalue weighted by atomic mass is 16.5. The van der Waals surface area contributed by atoms with Crippen molar-refractivity contribution in [1.29, 1.82) is 0 Å². The number of benzene rings is 2. The molecule has 0 aromatic heterocycles. The van der Waals surface area contributed by atoms with Crippen molar-refractivity contribution in [2.75, 3.05) is 25.0 Å². The normalized spacial score (nSPS) is 16.1. The molecular weight excluding hydrogens is 356 g/mol. The fourth-order valence-electron chi connectivity index (χ4n) is 3.33. The number of likely N-dealkylation sites (tertiary alicyclic amines) is 1. The average molecular weight is 380 g/mol. The Morgan fingerprint density at radius 2 is 1.86 bits per heavy atom. The monoisotopic (exact) mass is 380 g/mol. The summed E-state index contributed by atoms with van der Waals surface area (Å²) < 4.78 is 5.17. The molecule has 6 heteroatoms. The summed E-state index contributed by atoms with van der Waals surface area (Å²) in [4.78, 5) is 38.7. The zero-order valence-electron chi connectivity index (χ0n) is 16.1. The van der Waals surface area contributed by atoms with Gasteiger partial charge in [-0.05, 0) is 37.1 Å². The topological polar surface area (TPSA) is 75.7 Å². The highest BCUT2D eigenvalue weighted by Gasteiger charge is 2.33. The quantitative estimate of drug-likeness (QED) is 0.780. The van der Waals surface area contributed by atoms with Gasteiger partial charge >= 0.3 is 5.97 Å². The van der Waals surface area contributed by atoms with Gasteiger partial charge in [0.2, 0.25) is 11.8 Å². The molecular formula is C22H24N2O4. The Kier molecular flexibility index (Phi) is 6.09. The van der Waals surface area contributed by atoms with Gasteiger partial charge in [0.15, 0.2) is 0 Å². The minimum Gasteiger partial charge on any atom is -0.462 e. The highest BCUT2D eigenvalue weighted by molar-refractivity contribution is 6.04. The minimum atomic E-state index is -0.492. The van der Waals surface area contributed by atoms with Crippen LogP contribution >= 0.6 is 0 Å². The van der Waals surface area contributed by atoms with E-state index in [0.29, 0.717) is 24.3 Å². The second-order valence-corrected chi connectivity index (χ2v) is 6.67. The summed E-state index contributed by atoms with van der Waals surface area (Å²) in [5.41, 5.74) is 2.51. The van der Waals surface area contributed by atoms with E-state index in [9.17, 15) is 14.4 Å². The molecule has 0 spiro atoms. The van der Waals surface area contributed by atoms with Crippen LogP contribution in [0.1, 0.15) is 30.6 Å². The molecule has 0 aliphatic carbocycles. The smallest absolute Gasteiger partial charge is 0.340 e. The number of amides is 2. The van der Waals surface area contributed by atoms with Crippen molar-refractivity contribution in [2.24, 2.45) is 5.92 Å².